The molecular formula is C11H18N2O3S. The first kappa shape index (κ1) is 13.8. The zero-order valence-electron chi connectivity index (χ0n) is 10.5. The van der Waals surface area contributed by atoms with Gasteiger partial charge in [-0.25, -0.2) is 13.4 Å². The molecule has 0 amide bonds. The quantitative estimate of drug-likeness (QED) is 0.862. The van der Waals surface area contributed by atoms with Crippen LogP contribution in [0.5, 0.6) is 5.75 Å². The van der Waals surface area contributed by atoms with Gasteiger partial charge in [-0.1, -0.05) is 0 Å². The number of pyridine rings is 1. The molecule has 0 unspecified atom stereocenters. The molecule has 0 aromatic carbocycles. The lowest BCUT2D eigenvalue weighted by Gasteiger charge is -2.23. The van der Waals surface area contributed by atoms with E-state index in [2.05, 4.69) is 10.3 Å². The highest BCUT2D eigenvalue weighted by molar-refractivity contribution is 7.92. The average molecular weight is 258 g/mol. The molecule has 6 heteroatoms. The van der Waals surface area contributed by atoms with Crippen LogP contribution in [-0.2, 0) is 9.84 Å². The van der Waals surface area contributed by atoms with E-state index in [1.807, 2.05) is 0 Å². The van der Waals surface area contributed by atoms with Gasteiger partial charge in [-0.2, -0.15) is 0 Å². The van der Waals surface area contributed by atoms with Gasteiger partial charge in [0.25, 0.3) is 0 Å². The number of aromatic nitrogens is 1. The second-order valence-electron chi connectivity index (χ2n) is 4.44. The number of nitrogens with zero attached hydrogens (tertiary/aromatic N) is 1. The Labute approximate surface area is 102 Å². The van der Waals surface area contributed by atoms with E-state index in [-0.39, 0.29) is 6.54 Å². The summed E-state index contributed by atoms with van der Waals surface area (Å²) in [5.74, 6) is 1.14. The summed E-state index contributed by atoms with van der Waals surface area (Å²) in [6.45, 7) is 3.62. The zero-order valence-corrected chi connectivity index (χ0v) is 11.3. The van der Waals surface area contributed by atoms with Crippen LogP contribution in [0, 0.1) is 0 Å². The molecule has 1 rings (SSSR count). The van der Waals surface area contributed by atoms with Crippen LogP contribution in [0.1, 0.15) is 13.8 Å². The molecule has 0 radical (unpaired) electrons. The molecule has 5 nitrogen and oxygen atoms in total. The van der Waals surface area contributed by atoms with Gasteiger partial charge in [-0.3, -0.25) is 0 Å². The van der Waals surface area contributed by atoms with Crippen LogP contribution in [-0.4, -0.2) is 38.1 Å². The van der Waals surface area contributed by atoms with Crippen molar-refractivity contribution in [3.63, 3.8) is 0 Å². The minimum Gasteiger partial charge on any atom is -0.493 e. The minimum absolute atomic E-state index is 0.277. The first-order valence-corrected chi connectivity index (χ1v) is 7.09. The zero-order chi connectivity index (χ0) is 13.1. The van der Waals surface area contributed by atoms with E-state index in [0.29, 0.717) is 11.6 Å². The van der Waals surface area contributed by atoms with E-state index in [0.717, 1.165) is 0 Å². The third kappa shape index (κ3) is 3.33. The van der Waals surface area contributed by atoms with Gasteiger partial charge in [0.15, 0.2) is 21.4 Å². The number of methoxy groups -OCH3 is 1. The van der Waals surface area contributed by atoms with Crippen molar-refractivity contribution in [2.45, 2.75) is 18.6 Å². The molecule has 0 spiro atoms. The Bertz CT molecular complexity index is 483. The van der Waals surface area contributed by atoms with Crippen LogP contribution < -0.4 is 10.1 Å². The summed E-state index contributed by atoms with van der Waals surface area (Å²) in [4.78, 5) is 4.10. The van der Waals surface area contributed by atoms with Crippen molar-refractivity contribution in [3.8, 4) is 5.75 Å². The number of rotatable bonds is 5. The molecule has 1 aromatic heterocycles. The smallest absolute Gasteiger partial charge is 0.168 e. The third-order valence-electron chi connectivity index (χ3n) is 2.68. The summed E-state index contributed by atoms with van der Waals surface area (Å²) >= 11 is 0. The molecule has 96 valence electrons. The van der Waals surface area contributed by atoms with E-state index in [1.165, 1.54) is 6.26 Å². The van der Waals surface area contributed by atoms with Crippen LogP contribution in [0.15, 0.2) is 18.3 Å². The highest BCUT2D eigenvalue weighted by Crippen LogP contribution is 2.22. The summed E-state index contributed by atoms with van der Waals surface area (Å²) in [5, 5.41) is 3.00. The molecule has 1 N–H and O–H groups in total. The fourth-order valence-corrected chi connectivity index (χ4v) is 1.45. The highest BCUT2D eigenvalue weighted by atomic mass is 32.2. The van der Waals surface area contributed by atoms with Crippen molar-refractivity contribution < 1.29 is 13.2 Å². The lowest BCUT2D eigenvalue weighted by molar-refractivity contribution is 0.414. The molecule has 17 heavy (non-hydrogen) atoms. The summed E-state index contributed by atoms with van der Waals surface area (Å²) in [6.07, 6.45) is 2.85. The molecule has 0 fully saturated rings. The maximum atomic E-state index is 11.5. The van der Waals surface area contributed by atoms with Crippen molar-refractivity contribution in [1.82, 2.24) is 4.98 Å². The average Bonchev–Trinajstić information content (AvgIpc) is 2.25. The minimum atomic E-state index is -3.12. The monoisotopic (exact) mass is 258 g/mol. The lowest BCUT2D eigenvalue weighted by Crippen LogP contribution is -2.38. The van der Waals surface area contributed by atoms with E-state index >= 15 is 0 Å². The Morgan fingerprint density at radius 3 is 2.65 bits per heavy atom. The third-order valence-corrected chi connectivity index (χ3v) is 4.83. The van der Waals surface area contributed by atoms with E-state index in [1.54, 1.807) is 39.3 Å². The van der Waals surface area contributed by atoms with Crippen LogP contribution in [0.3, 0.4) is 0 Å². The van der Waals surface area contributed by atoms with Gasteiger partial charge < -0.3 is 10.1 Å². The summed E-state index contributed by atoms with van der Waals surface area (Å²) in [5.41, 5.74) is 0. The Morgan fingerprint density at radius 2 is 2.12 bits per heavy atom. The van der Waals surface area contributed by atoms with Gasteiger partial charge in [-0.15, -0.1) is 0 Å². The molecule has 0 saturated carbocycles. The van der Waals surface area contributed by atoms with Crippen LogP contribution in [0.4, 0.5) is 5.82 Å². The fraction of sp³-hybridized carbons (Fsp3) is 0.545. The molecule has 0 aliphatic carbocycles. The summed E-state index contributed by atoms with van der Waals surface area (Å²) < 4.78 is 27.3. The first-order chi connectivity index (χ1) is 7.78. The molecule has 0 bridgehead atoms. The van der Waals surface area contributed by atoms with Crippen molar-refractivity contribution in [2.24, 2.45) is 0 Å². The topological polar surface area (TPSA) is 68.3 Å². The second kappa shape index (κ2) is 4.91. The fourth-order valence-electron chi connectivity index (χ4n) is 1.12. The van der Waals surface area contributed by atoms with Crippen molar-refractivity contribution >= 4 is 15.7 Å². The number of sulfone groups is 1. The Kier molecular flexibility index (Phi) is 3.98. The molecular weight excluding hydrogens is 240 g/mol. The van der Waals surface area contributed by atoms with Crippen LogP contribution in [0.25, 0.3) is 0 Å². The summed E-state index contributed by atoms with van der Waals surface area (Å²) in [7, 11) is -1.58. The van der Waals surface area contributed by atoms with E-state index in [4.69, 9.17) is 4.74 Å². The SMILES string of the molecule is COc1cccnc1NCC(C)(C)S(C)(=O)=O. The second-order valence-corrected chi connectivity index (χ2v) is 7.09. The molecule has 0 aliphatic heterocycles. The largest absolute Gasteiger partial charge is 0.493 e. The van der Waals surface area contributed by atoms with Gasteiger partial charge in [0.1, 0.15) is 0 Å². The van der Waals surface area contributed by atoms with Crippen molar-refractivity contribution in [3.05, 3.63) is 18.3 Å². The van der Waals surface area contributed by atoms with Gasteiger partial charge in [0, 0.05) is 19.0 Å². The van der Waals surface area contributed by atoms with Gasteiger partial charge in [-0.05, 0) is 26.0 Å². The first-order valence-electron chi connectivity index (χ1n) is 5.20. The number of hydrogen-bond donors (Lipinski definition) is 1. The van der Waals surface area contributed by atoms with Gasteiger partial charge in [0.2, 0.25) is 0 Å². The van der Waals surface area contributed by atoms with Crippen LogP contribution in [0.2, 0.25) is 0 Å². The molecule has 1 heterocycles. The number of nitrogens with one attached hydrogen (secondary N) is 1. The normalized spacial score (nSPS) is 12.2. The van der Waals surface area contributed by atoms with Crippen LogP contribution >= 0.6 is 0 Å². The maximum absolute atomic E-state index is 11.5. The number of anilines is 1. The number of ether oxygens (including phenoxy) is 1. The van der Waals surface area contributed by atoms with Crippen molar-refractivity contribution in [2.75, 3.05) is 25.2 Å². The lowest BCUT2D eigenvalue weighted by atomic mass is 10.2. The highest BCUT2D eigenvalue weighted by Gasteiger charge is 2.30. The predicted octanol–water partition coefficient (Wildman–Crippen LogP) is 1.33. The molecule has 0 aliphatic rings. The Hall–Kier alpha value is -1.30. The molecule has 0 saturated heterocycles. The molecule has 0 atom stereocenters. The standard InChI is InChI=1S/C11H18N2O3S/c1-11(2,17(4,14)15)8-13-10-9(16-3)6-5-7-12-10/h5-7H,8H2,1-4H3,(H,12,13). The van der Waals surface area contributed by atoms with Crippen molar-refractivity contribution in [1.29, 1.82) is 0 Å². The predicted molar refractivity (Wildman–Crippen MR) is 68.2 cm³/mol. The van der Waals surface area contributed by atoms with E-state index < -0.39 is 14.6 Å². The Balaban J connectivity index is 2.81. The Morgan fingerprint density at radius 1 is 1.47 bits per heavy atom. The maximum Gasteiger partial charge on any atom is 0.168 e. The van der Waals surface area contributed by atoms with Gasteiger partial charge >= 0.3 is 0 Å². The van der Waals surface area contributed by atoms with Gasteiger partial charge in [0.05, 0.1) is 11.9 Å². The molecule has 1 aromatic rings. The summed E-state index contributed by atoms with van der Waals surface area (Å²) in [6, 6.07) is 3.52. The number of hydrogen-bond acceptors (Lipinski definition) is 5. The van der Waals surface area contributed by atoms with E-state index in [9.17, 15) is 8.42 Å².